The molecule has 0 saturated heterocycles. The fourth-order valence-electron chi connectivity index (χ4n) is 2.15. The number of carbonyl (C=O) groups excluding carboxylic acids is 1. The van der Waals surface area contributed by atoms with Crippen LogP contribution in [0.4, 0.5) is 11.5 Å². The van der Waals surface area contributed by atoms with Crippen LogP contribution in [0, 0.1) is 11.3 Å². The van der Waals surface area contributed by atoms with Crippen LogP contribution in [0.1, 0.15) is 11.3 Å². The fourth-order valence-corrected chi connectivity index (χ4v) is 2.15. The molecule has 0 bridgehead atoms. The topological polar surface area (TPSA) is 125 Å². The average Bonchev–Trinajstić information content (AvgIpc) is 3.17. The molecule has 3 aromatic rings. The summed E-state index contributed by atoms with van der Waals surface area (Å²) < 4.78 is 1.42. The highest BCUT2D eigenvalue weighted by molar-refractivity contribution is 5.94. The van der Waals surface area contributed by atoms with Crippen molar-refractivity contribution in [1.82, 2.24) is 20.0 Å². The summed E-state index contributed by atoms with van der Waals surface area (Å²) >= 11 is 0. The van der Waals surface area contributed by atoms with Gasteiger partial charge in [0, 0.05) is 11.9 Å². The zero-order valence-electron chi connectivity index (χ0n) is 12.0. The van der Waals surface area contributed by atoms with Gasteiger partial charge in [0.05, 0.1) is 24.0 Å². The molecule has 0 aliphatic heterocycles. The second-order valence-corrected chi connectivity index (χ2v) is 4.79. The van der Waals surface area contributed by atoms with E-state index in [4.69, 9.17) is 11.0 Å². The summed E-state index contributed by atoms with van der Waals surface area (Å²) in [6.07, 6.45) is 3.15. The maximum atomic E-state index is 12.1. The van der Waals surface area contributed by atoms with Crippen LogP contribution in [-0.2, 0) is 11.2 Å². The van der Waals surface area contributed by atoms with E-state index >= 15 is 0 Å². The molecular formula is C15H13N7O. The van der Waals surface area contributed by atoms with E-state index in [0.29, 0.717) is 17.1 Å². The van der Waals surface area contributed by atoms with E-state index in [-0.39, 0.29) is 23.7 Å². The van der Waals surface area contributed by atoms with E-state index in [1.54, 1.807) is 36.5 Å². The summed E-state index contributed by atoms with van der Waals surface area (Å²) in [6, 6.07) is 10.8. The summed E-state index contributed by atoms with van der Waals surface area (Å²) in [5.41, 5.74) is 8.04. The molecule has 0 aliphatic carbocycles. The predicted molar refractivity (Wildman–Crippen MR) is 83.6 cm³/mol. The lowest BCUT2D eigenvalue weighted by Gasteiger charge is -2.12. The van der Waals surface area contributed by atoms with Crippen molar-refractivity contribution in [1.29, 1.82) is 5.26 Å². The number of nitrogens with zero attached hydrogens (tertiary/aromatic N) is 4. The molecule has 0 unspecified atom stereocenters. The van der Waals surface area contributed by atoms with Gasteiger partial charge in [0.25, 0.3) is 0 Å². The van der Waals surface area contributed by atoms with Crippen molar-refractivity contribution in [3.8, 4) is 11.8 Å². The molecule has 0 atom stereocenters. The van der Waals surface area contributed by atoms with Crippen LogP contribution < -0.4 is 11.1 Å². The van der Waals surface area contributed by atoms with Gasteiger partial charge in [0.1, 0.15) is 17.5 Å². The molecule has 2 aromatic heterocycles. The Kier molecular flexibility index (Phi) is 3.76. The number of nitrogen functional groups attached to an aromatic ring is 1. The van der Waals surface area contributed by atoms with Crippen molar-refractivity contribution >= 4 is 17.4 Å². The third-order valence-corrected chi connectivity index (χ3v) is 3.24. The molecule has 3 rings (SSSR count). The molecule has 0 fully saturated rings. The van der Waals surface area contributed by atoms with Crippen molar-refractivity contribution in [3.05, 3.63) is 54.0 Å². The number of nitrogens with one attached hydrogen (secondary N) is 2. The molecule has 0 radical (unpaired) electrons. The van der Waals surface area contributed by atoms with Gasteiger partial charge in [-0.1, -0.05) is 12.1 Å². The first-order chi connectivity index (χ1) is 11.2. The lowest BCUT2D eigenvalue weighted by Crippen LogP contribution is -2.16. The van der Waals surface area contributed by atoms with Crippen molar-refractivity contribution in [2.75, 3.05) is 11.1 Å². The number of hydrogen-bond acceptors (Lipinski definition) is 5. The Balaban J connectivity index is 1.87. The summed E-state index contributed by atoms with van der Waals surface area (Å²) in [6.45, 7) is 0. The van der Waals surface area contributed by atoms with E-state index in [0.717, 1.165) is 0 Å². The van der Waals surface area contributed by atoms with Gasteiger partial charge in [-0.2, -0.15) is 15.5 Å². The number of anilines is 2. The minimum atomic E-state index is -0.201. The van der Waals surface area contributed by atoms with E-state index in [1.807, 2.05) is 6.07 Å². The van der Waals surface area contributed by atoms with Crippen molar-refractivity contribution < 1.29 is 4.79 Å². The third-order valence-electron chi connectivity index (χ3n) is 3.24. The summed E-state index contributed by atoms with van der Waals surface area (Å²) in [7, 11) is 0. The second kappa shape index (κ2) is 6.03. The van der Waals surface area contributed by atoms with Crippen LogP contribution in [0.15, 0.2) is 42.7 Å². The second-order valence-electron chi connectivity index (χ2n) is 4.79. The van der Waals surface area contributed by atoms with Gasteiger partial charge in [-0.05, 0) is 18.2 Å². The van der Waals surface area contributed by atoms with Crippen LogP contribution in [0.3, 0.4) is 0 Å². The minimum absolute atomic E-state index is 0.173. The molecule has 0 saturated carbocycles. The first-order valence-electron chi connectivity index (χ1n) is 6.80. The zero-order valence-corrected chi connectivity index (χ0v) is 12.0. The molecule has 0 aliphatic rings. The number of amides is 1. The standard InChI is InChI=1S/C15H13N7O/c16-8-10-9-19-22(15(10)17)13-4-2-1-3-12(13)20-14(23)7-11-5-6-18-21-11/h1-6,9H,7,17H2,(H,18,21)(H,20,23). The van der Waals surface area contributed by atoms with Crippen LogP contribution in [0.2, 0.25) is 0 Å². The molecule has 114 valence electrons. The summed E-state index contributed by atoms with van der Waals surface area (Å²) in [5, 5.41) is 22.4. The Morgan fingerprint density at radius 3 is 2.91 bits per heavy atom. The number of aromatic nitrogens is 4. The molecule has 0 spiro atoms. The van der Waals surface area contributed by atoms with Crippen molar-refractivity contribution in [2.24, 2.45) is 0 Å². The largest absolute Gasteiger partial charge is 0.382 e. The SMILES string of the molecule is N#Cc1cnn(-c2ccccc2NC(=O)Cc2ccn[nH]2)c1N. The Labute approximate surface area is 131 Å². The Hall–Kier alpha value is -3.60. The van der Waals surface area contributed by atoms with E-state index in [1.165, 1.54) is 10.9 Å². The number of hydrogen-bond donors (Lipinski definition) is 3. The number of benzene rings is 1. The Morgan fingerprint density at radius 1 is 1.39 bits per heavy atom. The van der Waals surface area contributed by atoms with Gasteiger partial charge in [0.15, 0.2) is 0 Å². The first-order valence-corrected chi connectivity index (χ1v) is 6.80. The molecular weight excluding hydrogens is 294 g/mol. The number of carbonyl (C=O) groups is 1. The van der Waals surface area contributed by atoms with Crippen LogP contribution in [0.25, 0.3) is 5.69 Å². The lowest BCUT2D eigenvalue weighted by molar-refractivity contribution is -0.115. The van der Waals surface area contributed by atoms with Gasteiger partial charge in [-0.25, -0.2) is 4.68 Å². The van der Waals surface area contributed by atoms with Gasteiger partial charge in [-0.3, -0.25) is 9.89 Å². The number of aromatic amines is 1. The summed E-state index contributed by atoms with van der Waals surface area (Å²) in [4.78, 5) is 12.1. The molecule has 8 heteroatoms. The van der Waals surface area contributed by atoms with Gasteiger partial charge in [-0.15, -0.1) is 0 Å². The quantitative estimate of drug-likeness (QED) is 0.668. The molecule has 1 amide bonds. The predicted octanol–water partition coefficient (Wildman–Crippen LogP) is 1.23. The Morgan fingerprint density at radius 2 is 2.22 bits per heavy atom. The smallest absolute Gasteiger partial charge is 0.230 e. The number of para-hydroxylation sites is 2. The third kappa shape index (κ3) is 2.89. The van der Waals surface area contributed by atoms with Crippen molar-refractivity contribution in [2.45, 2.75) is 6.42 Å². The van der Waals surface area contributed by atoms with Crippen LogP contribution >= 0.6 is 0 Å². The highest BCUT2D eigenvalue weighted by Gasteiger charge is 2.14. The highest BCUT2D eigenvalue weighted by atomic mass is 16.1. The summed E-state index contributed by atoms with van der Waals surface area (Å²) in [5.74, 6) is 0.0238. The van der Waals surface area contributed by atoms with Gasteiger partial charge < -0.3 is 11.1 Å². The fraction of sp³-hybridized carbons (Fsp3) is 0.0667. The highest BCUT2D eigenvalue weighted by Crippen LogP contribution is 2.23. The molecule has 2 heterocycles. The molecule has 4 N–H and O–H groups in total. The molecule has 1 aromatic carbocycles. The maximum absolute atomic E-state index is 12.1. The minimum Gasteiger partial charge on any atom is -0.382 e. The zero-order chi connectivity index (χ0) is 16.2. The lowest BCUT2D eigenvalue weighted by atomic mass is 10.2. The van der Waals surface area contributed by atoms with Crippen LogP contribution in [-0.4, -0.2) is 25.9 Å². The maximum Gasteiger partial charge on any atom is 0.230 e. The number of nitriles is 1. The number of H-pyrrole nitrogens is 1. The van der Waals surface area contributed by atoms with E-state index in [2.05, 4.69) is 20.6 Å². The Bertz CT molecular complexity index is 874. The van der Waals surface area contributed by atoms with E-state index in [9.17, 15) is 4.79 Å². The molecule has 8 nitrogen and oxygen atoms in total. The van der Waals surface area contributed by atoms with E-state index < -0.39 is 0 Å². The monoisotopic (exact) mass is 307 g/mol. The van der Waals surface area contributed by atoms with Crippen LogP contribution in [0.5, 0.6) is 0 Å². The van der Waals surface area contributed by atoms with Gasteiger partial charge >= 0.3 is 0 Å². The normalized spacial score (nSPS) is 10.2. The van der Waals surface area contributed by atoms with Gasteiger partial charge in [0.2, 0.25) is 5.91 Å². The number of rotatable bonds is 4. The van der Waals surface area contributed by atoms with Crippen molar-refractivity contribution in [3.63, 3.8) is 0 Å². The average molecular weight is 307 g/mol. The number of nitrogens with two attached hydrogens (primary N) is 1. The first kappa shape index (κ1) is 14.3. The molecule has 23 heavy (non-hydrogen) atoms.